The monoisotopic (exact) mass is 242 g/mol. The van der Waals surface area contributed by atoms with Crippen LogP contribution in [0.3, 0.4) is 0 Å². The summed E-state index contributed by atoms with van der Waals surface area (Å²) in [6, 6.07) is 4.30. The zero-order chi connectivity index (χ0) is 12.1. The fourth-order valence-corrected chi connectivity index (χ4v) is 1.18. The lowest BCUT2D eigenvalue weighted by atomic mass is 10.2. The Kier molecular flexibility index (Phi) is 4.07. The molecule has 1 rings (SSSR count). The summed E-state index contributed by atoms with van der Waals surface area (Å²) in [5.74, 6) is 0.282. The average molecular weight is 243 g/mol. The van der Waals surface area contributed by atoms with E-state index in [1.165, 1.54) is 12.1 Å². The molecule has 0 bridgehead atoms. The number of amidine groups is 1. The van der Waals surface area contributed by atoms with Gasteiger partial charge in [0.25, 0.3) is 5.69 Å². The number of hydrogen-bond acceptors (Lipinski definition) is 4. The second-order valence-corrected chi connectivity index (χ2v) is 3.21. The predicted octanol–water partition coefficient (Wildman–Crippen LogP) is 1.86. The lowest BCUT2D eigenvalue weighted by Crippen LogP contribution is -2.12. The predicted molar refractivity (Wildman–Crippen MR) is 64.6 cm³/mol. The highest BCUT2D eigenvalue weighted by Crippen LogP contribution is 2.29. The first-order chi connectivity index (χ1) is 7.58. The summed E-state index contributed by atoms with van der Waals surface area (Å²) in [5, 5.41) is 13.5. The van der Waals surface area contributed by atoms with Crippen molar-refractivity contribution in [3.63, 3.8) is 0 Å². The number of nitro benzene ring substituents is 1. The molecule has 0 saturated heterocycles. The molecular weight excluding hydrogens is 232 g/mol. The zero-order valence-corrected chi connectivity index (χ0v) is 9.36. The molecule has 0 atom stereocenters. The number of rotatable bonds is 4. The lowest BCUT2D eigenvalue weighted by molar-refractivity contribution is -0.384. The number of non-ortho nitro benzene ring substituents is 1. The van der Waals surface area contributed by atoms with Crippen LogP contribution in [0.25, 0.3) is 0 Å². The molecule has 3 N–H and O–H groups in total. The number of benzene rings is 1. The van der Waals surface area contributed by atoms with Gasteiger partial charge in [0.05, 0.1) is 22.2 Å². The second-order valence-electron chi connectivity index (χ2n) is 2.95. The highest BCUT2D eigenvalue weighted by Gasteiger charge is 2.09. The second kappa shape index (κ2) is 5.32. The van der Waals surface area contributed by atoms with Crippen molar-refractivity contribution in [2.45, 2.75) is 0 Å². The lowest BCUT2D eigenvalue weighted by Gasteiger charge is -2.05. The van der Waals surface area contributed by atoms with Gasteiger partial charge >= 0.3 is 0 Å². The number of nitrogens with two attached hydrogens (primary N) is 1. The third-order valence-electron chi connectivity index (χ3n) is 1.86. The zero-order valence-electron chi connectivity index (χ0n) is 8.61. The minimum atomic E-state index is -0.491. The highest BCUT2D eigenvalue weighted by atomic mass is 35.5. The third kappa shape index (κ3) is 2.83. The fraction of sp³-hybridized carbons (Fsp3) is 0.222. The van der Waals surface area contributed by atoms with E-state index < -0.39 is 4.92 Å². The van der Waals surface area contributed by atoms with Gasteiger partial charge in [-0.05, 0) is 6.07 Å². The maximum absolute atomic E-state index is 10.6. The van der Waals surface area contributed by atoms with Crippen molar-refractivity contribution in [3.05, 3.63) is 28.3 Å². The van der Waals surface area contributed by atoms with Crippen molar-refractivity contribution < 1.29 is 4.92 Å². The molecule has 1 aromatic rings. The van der Waals surface area contributed by atoms with Crippen molar-refractivity contribution in [2.75, 3.05) is 18.2 Å². The van der Waals surface area contributed by atoms with Gasteiger partial charge in [-0.15, -0.1) is 11.6 Å². The maximum atomic E-state index is 10.6. The highest BCUT2D eigenvalue weighted by molar-refractivity contribution is 6.28. The summed E-state index contributed by atoms with van der Waals surface area (Å²) in [7, 11) is 1.69. The Morgan fingerprint density at radius 2 is 2.38 bits per heavy atom. The van der Waals surface area contributed by atoms with Crippen LogP contribution >= 0.6 is 11.6 Å². The molecule has 0 aromatic heterocycles. The Balaban J connectivity index is 3.22. The number of nitro groups is 1. The van der Waals surface area contributed by atoms with Gasteiger partial charge in [-0.1, -0.05) is 0 Å². The van der Waals surface area contributed by atoms with Gasteiger partial charge in [-0.3, -0.25) is 10.1 Å². The van der Waals surface area contributed by atoms with Crippen molar-refractivity contribution in [2.24, 2.45) is 10.7 Å². The van der Waals surface area contributed by atoms with Crippen LogP contribution in [-0.4, -0.2) is 23.7 Å². The number of anilines is 1. The number of hydrogen-bond donors (Lipinski definition) is 2. The van der Waals surface area contributed by atoms with E-state index in [2.05, 4.69) is 10.3 Å². The summed E-state index contributed by atoms with van der Waals surface area (Å²) in [4.78, 5) is 14.1. The van der Waals surface area contributed by atoms with Gasteiger partial charge in [-0.25, -0.2) is 4.99 Å². The van der Waals surface area contributed by atoms with Gasteiger partial charge in [0.15, 0.2) is 0 Å². The molecule has 0 unspecified atom stereocenters. The van der Waals surface area contributed by atoms with Crippen LogP contribution in [0.2, 0.25) is 0 Å². The summed E-state index contributed by atoms with van der Waals surface area (Å²) < 4.78 is 0. The molecule has 0 aliphatic carbocycles. The summed E-state index contributed by atoms with van der Waals surface area (Å²) in [6.07, 6.45) is 0. The van der Waals surface area contributed by atoms with Gasteiger partial charge < -0.3 is 11.1 Å². The Bertz CT molecular complexity index is 434. The van der Waals surface area contributed by atoms with Gasteiger partial charge in [-0.2, -0.15) is 0 Å². The molecule has 0 radical (unpaired) electrons. The van der Waals surface area contributed by atoms with E-state index in [0.29, 0.717) is 11.4 Å². The molecule has 16 heavy (non-hydrogen) atoms. The molecule has 0 saturated carbocycles. The molecule has 0 fully saturated rings. The molecule has 0 spiro atoms. The van der Waals surface area contributed by atoms with Crippen molar-refractivity contribution in [3.8, 4) is 0 Å². The van der Waals surface area contributed by atoms with Crippen molar-refractivity contribution >= 4 is 34.5 Å². The summed E-state index contributed by atoms with van der Waals surface area (Å²) in [5.41, 5.74) is 6.48. The normalized spacial score (nSPS) is 11.2. The minimum absolute atomic E-state index is 0.0416. The van der Waals surface area contributed by atoms with Crippen LogP contribution in [0.15, 0.2) is 23.2 Å². The quantitative estimate of drug-likeness (QED) is 0.277. The Hall–Kier alpha value is -1.82. The number of nitrogens with zero attached hydrogens (tertiary/aromatic N) is 2. The van der Waals surface area contributed by atoms with Crippen LogP contribution in [0, 0.1) is 10.1 Å². The molecule has 0 heterocycles. The first kappa shape index (κ1) is 12.3. The largest absolute Gasteiger partial charge is 0.386 e. The van der Waals surface area contributed by atoms with E-state index in [4.69, 9.17) is 17.3 Å². The van der Waals surface area contributed by atoms with E-state index in [1.807, 2.05) is 0 Å². The number of alkyl halides is 1. The average Bonchev–Trinajstić information content (AvgIpc) is 2.28. The van der Waals surface area contributed by atoms with Crippen LogP contribution in [-0.2, 0) is 0 Å². The van der Waals surface area contributed by atoms with Crippen LogP contribution in [0.5, 0.6) is 0 Å². The van der Waals surface area contributed by atoms with E-state index in [9.17, 15) is 10.1 Å². The molecular formula is C9H11ClN4O2. The molecule has 0 aliphatic rings. The van der Waals surface area contributed by atoms with Gasteiger partial charge in [0.2, 0.25) is 0 Å². The molecule has 7 heteroatoms. The standard InChI is InChI=1S/C9H11ClN4O2/c1-12-7-3-2-6(14(15)16)4-8(7)13-9(11)5-10/h2-4,12H,5H2,1H3,(H2,11,13). The van der Waals surface area contributed by atoms with E-state index in [1.54, 1.807) is 13.1 Å². The SMILES string of the molecule is CNc1ccc([N+](=O)[O-])cc1N=C(N)CCl. The van der Waals surface area contributed by atoms with Gasteiger partial charge in [0.1, 0.15) is 5.84 Å². The molecule has 86 valence electrons. The topological polar surface area (TPSA) is 93.5 Å². The summed E-state index contributed by atoms with van der Waals surface area (Å²) >= 11 is 5.49. The third-order valence-corrected chi connectivity index (χ3v) is 2.14. The van der Waals surface area contributed by atoms with Crippen molar-refractivity contribution in [1.29, 1.82) is 0 Å². The van der Waals surface area contributed by atoms with E-state index in [-0.39, 0.29) is 17.4 Å². The van der Waals surface area contributed by atoms with Crippen LogP contribution in [0.1, 0.15) is 0 Å². The number of halogens is 1. The minimum Gasteiger partial charge on any atom is -0.386 e. The number of nitrogens with one attached hydrogen (secondary N) is 1. The Labute approximate surface area is 97.3 Å². The molecule has 6 nitrogen and oxygen atoms in total. The van der Waals surface area contributed by atoms with Crippen molar-refractivity contribution in [1.82, 2.24) is 0 Å². The van der Waals surface area contributed by atoms with Crippen LogP contribution < -0.4 is 11.1 Å². The first-order valence-corrected chi connectivity index (χ1v) is 4.97. The molecule has 0 amide bonds. The number of aliphatic imine (C=N–C) groups is 1. The Morgan fingerprint density at radius 3 is 2.88 bits per heavy atom. The maximum Gasteiger partial charge on any atom is 0.271 e. The summed E-state index contributed by atoms with van der Waals surface area (Å²) in [6.45, 7) is 0. The first-order valence-electron chi connectivity index (χ1n) is 4.43. The van der Waals surface area contributed by atoms with Crippen LogP contribution in [0.4, 0.5) is 17.1 Å². The molecule has 1 aromatic carbocycles. The molecule has 0 aliphatic heterocycles. The van der Waals surface area contributed by atoms with E-state index in [0.717, 1.165) is 0 Å². The Morgan fingerprint density at radius 1 is 1.69 bits per heavy atom. The van der Waals surface area contributed by atoms with E-state index >= 15 is 0 Å². The smallest absolute Gasteiger partial charge is 0.271 e. The van der Waals surface area contributed by atoms with Gasteiger partial charge in [0, 0.05) is 19.2 Å². The fourth-order valence-electron chi connectivity index (χ4n) is 1.12.